The maximum Gasteiger partial charge on any atom is 0.310 e. The highest BCUT2D eigenvalue weighted by Gasteiger charge is 2.27. The van der Waals surface area contributed by atoms with Crippen LogP contribution in [-0.2, 0) is 0 Å². The van der Waals surface area contributed by atoms with Crippen LogP contribution in [0.4, 0.5) is 0 Å². The Labute approximate surface area is 175 Å². The van der Waals surface area contributed by atoms with Crippen molar-refractivity contribution in [1.82, 2.24) is 0 Å². The Morgan fingerprint density at radius 3 is 1.54 bits per heavy atom. The van der Waals surface area contributed by atoms with Crippen LogP contribution in [0.3, 0.4) is 0 Å². The topological polar surface area (TPSA) is 43.1 Å². The number of benzene rings is 2. The average molecular weight is 447 g/mol. The molecule has 2 aromatic carbocycles. The minimum Gasteiger partial charge on any atom is -0.258 e. The summed E-state index contributed by atoms with van der Waals surface area (Å²) in [5.74, 6) is 0. The zero-order chi connectivity index (χ0) is 19.3. The highest BCUT2D eigenvalue weighted by atomic mass is 35.5. The van der Waals surface area contributed by atoms with Crippen LogP contribution in [0.25, 0.3) is 0 Å². The van der Waals surface area contributed by atoms with Gasteiger partial charge < -0.3 is 0 Å². The Kier molecular flexibility index (Phi) is 7.92. The number of hydrogen-bond acceptors (Lipinski definition) is 4. The largest absolute Gasteiger partial charge is 0.310 e. The zero-order valence-electron chi connectivity index (χ0n) is 13.8. The summed E-state index contributed by atoms with van der Waals surface area (Å²) in [6.07, 6.45) is 0. The van der Waals surface area contributed by atoms with Gasteiger partial charge in [-0.05, 0) is 38.1 Å². The molecule has 0 heterocycles. The van der Waals surface area contributed by atoms with Crippen LogP contribution >= 0.6 is 58.3 Å². The highest BCUT2D eigenvalue weighted by molar-refractivity contribution is 8.22. The summed E-state index contributed by atoms with van der Waals surface area (Å²) < 4.78 is 0.0383. The molecule has 3 nitrogen and oxygen atoms in total. The third-order valence-electron chi connectivity index (χ3n) is 3.21. The SMILES string of the molecule is Cc1ccc(SC(Sc2ccc(C)cc2)=C(C(Cl)=C(Cl)Cl)[N+](=O)[O-])cc1. The quantitative estimate of drug-likeness (QED) is 0.199. The van der Waals surface area contributed by atoms with Gasteiger partial charge in [0, 0.05) is 9.79 Å². The van der Waals surface area contributed by atoms with Crippen LogP contribution in [-0.4, -0.2) is 4.92 Å². The predicted molar refractivity (Wildman–Crippen MR) is 113 cm³/mol. The summed E-state index contributed by atoms with van der Waals surface area (Å²) in [5, 5.41) is 11.4. The van der Waals surface area contributed by atoms with E-state index in [1.165, 1.54) is 23.5 Å². The molecule has 0 spiro atoms. The first-order valence-electron chi connectivity index (χ1n) is 7.36. The lowest BCUT2D eigenvalue weighted by Gasteiger charge is -2.09. The van der Waals surface area contributed by atoms with Crippen molar-refractivity contribution < 1.29 is 4.92 Å². The smallest absolute Gasteiger partial charge is 0.258 e. The van der Waals surface area contributed by atoms with E-state index in [4.69, 9.17) is 34.8 Å². The van der Waals surface area contributed by atoms with Gasteiger partial charge in [0.1, 0.15) is 8.73 Å². The Bertz CT molecular complexity index is 810. The van der Waals surface area contributed by atoms with Crippen molar-refractivity contribution in [1.29, 1.82) is 0 Å². The van der Waals surface area contributed by atoms with Crippen molar-refractivity contribution in [2.45, 2.75) is 23.6 Å². The number of nitro groups is 1. The predicted octanol–water partition coefficient (Wildman–Crippen LogP) is 7.52. The number of halogens is 3. The van der Waals surface area contributed by atoms with E-state index in [1.54, 1.807) is 0 Å². The van der Waals surface area contributed by atoms with Gasteiger partial charge in [-0.1, -0.05) is 93.7 Å². The minimum absolute atomic E-state index is 0.285. The fourth-order valence-electron chi connectivity index (χ4n) is 1.88. The van der Waals surface area contributed by atoms with Crippen molar-refractivity contribution in [3.05, 3.63) is 89.2 Å². The molecular formula is C18H14Cl3NO2S2. The Morgan fingerprint density at radius 1 is 0.846 bits per heavy atom. The number of hydrogen-bond donors (Lipinski definition) is 0. The number of rotatable bonds is 6. The van der Waals surface area contributed by atoms with Gasteiger partial charge in [0.2, 0.25) is 0 Å². The Balaban J connectivity index is 2.53. The lowest BCUT2D eigenvalue weighted by molar-refractivity contribution is -0.419. The van der Waals surface area contributed by atoms with Gasteiger partial charge in [0.05, 0.1) is 4.92 Å². The monoisotopic (exact) mass is 445 g/mol. The third kappa shape index (κ3) is 5.96. The second-order valence-corrected chi connectivity index (χ2v) is 9.05. The summed E-state index contributed by atoms with van der Waals surface area (Å²) in [7, 11) is 0. The van der Waals surface area contributed by atoms with Crippen LogP contribution in [0, 0.1) is 24.0 Å². The molecule has 0 atom stereocenters. The number of nitrogens with zero attached hydrogens (tertiary/aromatic N) is 1. The van der Waals surface area contributed by atoms with Crippen LogP contribution in [0.5, 0.6) is 0 Å². The van der Waals surface area contributed by atoms with E-state index >= 15 is 0 Å². The lowest BCUT2D eigenvalue weighted by Crippen LogP contribution is -2.02. The molecule has 26 heavy (non-hydrogen) atoms. The van der Waals surface area contributed by atoms with Gasteiger partial charge in [0.25, 0.3) is 0 Å². The van der Waals surface area contributed by atoms with Crippen LogP contribution in [0.1, 0.15) is 11.1 Å². The van der Waals surface area contributed by atoms with E-state index in [-0.39, 0.29) is 15.2 Å². The minimum atomic E-state index is -0.565. The average Bonchev–Trinajstić information content (AvgIpc) is 2.58. The number of aryl methyl sites for hydroxylation is 2. The summed E-state index contributed by atoms with van der Waals surface area (Å²) >= 11 is 20.0. The molecule has 0 aliphatic heterocycles. The van der Waals surface area contributed by atoms with Crippen molar-refractivity contribution in [2.24, 2.45) is 0 Å². The summed E-state index contributed by atoms with van der Waals surface area (Å²) in [5.41, 5.74) is 1.88. The molecule has 0 aliphatic rings. The van der Waals surface area contributed by atoms with E-state index in [9.17, 15) is 10.1 Å². The van der Waals surface area contributed by atoms with E-state index < -0.39 is 4.92 Å². The molecule has 136 valence electrons. The van der Waals surface area contributed by atoms with Gasteiger partial charge in [-0.3, -0.25) is 10.1 Å². The van der Waals surface area contributed by atoms with Crippen molar-refractivity contribution in [3.63, 3.8) is 0 Å². The molecule has 0 fully saturated rings. The molecule has 0 bridgehead atoms. The standard InChI is InChI=1S/C18H14Cl3NO2S2/c1-11-3-7-13(8-4-11)25-18(16(22(23)24)15(19)17(20)21)26-14-9-5-12(2)6-10-14/h3-10H,1-2H3. The van der Waals surface area contributed by atoms with Gasteiger partial charge in [-0.2, -0.15) is 0 Å². The van der Waals surface area contributed by atoms with Crippen LogP contribution in [0.15, 0.2) is 77.8 Å². The van der Waals surface area contributed by atoms with Crippen molar-refractivity contribution >= 4 is 58.3 Å². The molecule has 8 heteroatoms. The third-order valence-corrected chi connectivity index (χ3v) is 6.43. The molecule has 0 N–H and O–H groups in total. The molecule has 0 saturated carbocycles. The molecule has 0 amide bonds. The first-order valence-corrected chi connectivity index (χ1v) is 10.1. The second kappa shape index (κ2) is 9.72. The van der Waals surface area contributed by atoms with E-state index in [1.807, 2.05) is 62.4 Å². The molecule has 0 saturated heterocycles. The van der Waals surface area contributed by atoms with Crippen LogP contribution < -0.4 is 0 Å². The normalized spacial score (nSPS) is 10.3. The van der Waals surface area contributed by atoms with E-state index in [0.717, 1.165) is 20.9 Å². The summed E-state index contributed by atoms with van der Waals surface area (Å²) in [4.78, 5) is 12.8. The van der Waals surface area contributed by atoms with Gasteiger partial charge in [-0.25, -0.2) is 0 Å². The Morgan fingerprint density at radius 2 is 1.23 bits per heavy atom. The van der Waals surface area contributed by atoms with Crippen LogP contribution in [0.2, 0.25) is 0 Å². The fourth-order valence-corrected chi connectivity index (χ4v) is 4.60. The molecule has 0 aliphatic carbocycles. The molecule has 0 aromatic heterocycles. The summed E-state index contributed by atoms with van der Waals surface area (Å²) in [6, 6.07) is 15.3. The number of thioether (sulfide) groups is 2. The van der Waals surface area contributed by atoms with Crippen molar-refractivity contribution in [3.8, 4) is 0 Å². The van der Waals surface area contributed by atoms with E-state index in [0.29, 0.717) is 4.24 Å². The molecule has 0 radical (unpaired) electrons. The molecule has 0 unspecified atom stereocenters. The molecular weight excluding hydrogens is 433 g/mol. The first kappa shape index (κ1) is 21.2. The Hall–Kier alpha value is -1.11. The molecule has 2 rings (SSSR count). The van der Waals surface area contributed by atoms with E-state index in [2.05, 4.69) is 0 Å². The second-order valence-electron chi connectivity index (χ2n) is 5.30. The maximum absolute atomic E-state index is 11.7. The molecule has 2 aromatic rings. The van der Waals surface area contributed by atoms with Gasteiger partial charge in [-0.15, -0.1) is 0 Å². The maximum atomic E-state index is 11.7. The fraction of sp³-hybridized carbons (Fsp3) is 0.111. The zero-order valence-corrected chi connectivity index (χ0v) is 17.7. The summed E-state index contributed by atoms with van der Waals surface area (Å²) in [6.45, 7) is 3.95. The lowest BCUT2D eigenvalue weighted by atomic mass is 10.2. The van der Waals surface area contributed by atoms with Gasteiger partial charge >= 0.3 is 5.70 Å². The highest BCUT2D eigenvalue weighted by Crippen LogP contribution is 2.44. The van der Waals surface area contributed by atoms with Gasteiger partial charge in [0.15, 0.2) is 5.03 Å². The first-order chi connectivity index (χ1) is 12.3. The van der Waals surface area contributed by atoms with Crippen molar-refractivity contribution in [2.75, 3.05) is 0 Å². The number of allylic oxidation sites excluding steroid dienone is 1.